The molecule has 1 aromatic rings. The number of carbonyl (C=O) groups is 3. The molecule has 0 unspecified atom stereocenters. The monoisotopic (exact) mass is 279 g/mol. The van der Waals surface area contributed by atoms with E-state index in [1.54, 1.807) is 14.1 Å². The highest BCUT2D eigenvalue weighted by atomic mass is 16.4. The van der Waals surface area contributed by atoms with Crippen LogP contribution in [0, 0.1) is 6.92 Å². The van der Waals surface area contributed by atoms with Crippen LogP contribution in [0.5, 0.6) is 0 Å². The molecular formula is C13H17N3O4. The lowest BCUT2D eigenvalue weighted by atomic mass is 10.2. The van der Waals surface area contributed by atoms with Crippen LogP contribution >= 0.6 is 0 Å². The number of hydrogen-bond acceptors (Lipinski definition) is 4. The first kappa shape index (κ1) is 15.6. The highest BCUT2D eigenvalue weighted by molar-refractivity contribution is 5.94. The second kappa shape index (κ2) is 6.65. The maximum Gasteiger partial charge on any atom is 0.337 e. The molecule has 0 radical (unpaired) electrons. The SMILES string of the molecule is Cc1nc(C(=O)NCCC(=O)N(C)C)ccc1C(=O)O. The molecule has 0 aliphatic carbocycles. The summed E-state index contributed by atoms with van der Waals surface area (Å²) >= 11 is 0. The molecule has 0 fully saturated rings. The number of aromatic carboxylic acids is 1. The fraction of sp³-hybridized carbons (Fsp3) is 0.385. The van der Waals surface area contributed by atoms with Crippen LogP contribution in [0.2, 0.25) is 0 Å². The van der Waals surface area contributed by atoms with E-state index in [9.17, 15) is 14.4 Å². The Bertz CT molecular complexity index is 540. The van der Waals surface area contributed by atoms with Gasteiger partial charge in [-0.1, -0.05) is 0 Å². The largest absolute Gasteiger partial charge is 0.478 e. The molecule has 1 rings (SSSR count). The zero-order chi connectivity index (χ0) is 15.3. The predicted octanol–water partition coefficient (Wildman–Crippen LogP) is 0.296. The van der Waals surface area contributed by atoms with Crippen molar-refractivity contribution in [1.82, 2.24) is 15.2 Å². The van der Waals surface area contributed by atoms with Crippen molar-refractivity contribution in [1.29, 1.82) is 0 Å². The number of aryl methyl sites for hydroxylation is 1. The highest BCUT2D eigenvalue weighted by Crippen LogP contribution is 2.06. The van der Waals surface area contributed by atoms with Gasteiger partial charge in [0, 0.05) is 27.1 Å². The van der Waals surface area contributed by atoms with Gasteiger partial charge in [0.15, 0.2) is 0 Å². The average molecular weight is 279 g/mol. The summed E-state index contributed by atoms with van der Waals surface area (Å²) in [6, 6.07) is 2.68. The van der Waals surface area contributed by atoms with Crippen LogP contribution in [-0.2, 0) is 4.79 Å². The van der Waals surface area contributed by atoms with Crippen LogP contribution in [0.3, 0.4) is 0 Å². The Hall–Kier alpha value is -2.44. The Morgan fingerprint density at radius 3 is 2.45 bits per heavy atom. The van der Waals surface area contributed by atoms with Crippen LogP contribution in [0.15, 0.2) is 12.1 Å². The molecule has 0 saturated carbocycles. The third kappa shape index (κ3) is 4.04. The zero-order valence-corrected chi connectivity index (χ0v) is 11.6. The Kier molecular flexibility index (Phi) is 5.19. The van der Waals surface area contributed by atoms with Crippen LogP contribution in [0.4, 0.5) is 0 Å². The van der Waals surface area contributed by atoms with Crippen molar-refractivity contribution in [2.24, 2.45) is 0 Å². The van der Waals surface area contributed by atoms with Gasteiger partial charge < -0.3 is 15.3 Å². The van der Waals surface area contributed by atoms with Crippen molar-refractivity contribution in [2.45, 2.75) is 13.3 Å². The molecular weight excluding hydrogens is 262 g/mol. The van der Waals surface area contributed by atoms with Gasteiger partial charge in [-0.2, -0.15) is 0 Å². The van der Waals surface area contributed by atoms with Gasteiger partial charge in [-0.05, 0) is 19.1 Å². The van der Waals surface area contributed by atoms with Gasteiger partial charge in [-0.3, -0.25) is 9.59 Å². The fourth-order valence-electron chi connectivity index (χ4n) is 1.51. The summed E-state index contributed by atoms with van der Waals surface area (Å²) in [6.07, 6.45) is 0.199. The van der Waals surface area contributed by atoms with E-state index in [1.165, 1.54) is 24.0 Å². The molecule has 0 aromatic carbocycles. The highest BCUT2D eigenvalue weighted by Gasteiger charge is 2.13. The van der Waals surface area contributed by atoms with Crippen LogP contribution in [0.1, 0.15) is 33.0 Å². The minimum absolute atomic E-state index is 0.0596. The zero-order valence-electron chi connectivity index (χ0n) is 11.6. The van der Waals surface area contributed by atoms with Crippen molar-refractivity contribution in [3.63, 3.8) is 0 Å². The molecule has 0 spiro atoms. The van der Waals surface area contributed by atoms with Crippen molar-refractivity contribution in [2.75, 3.05) is 20.6 Å². The van der Waals surface area contributed by atoms with E-state index in [0.717, 1.165) is 0 Å². The first-order valence-corrected chi connectivity index (χ1v) is 6.02. The molecule has 108 valence electrons. The van der Waals surface area contributed by atoms with Gasteiger partial charge in [0.25, 0.3) is 5.91 Å². The minimum atomic E-state index is -1.08. The van der Waals surface area contributed by atoms with Crippen LogP contribution < -0.4 is 5.32 Å². The number of carbonyl (C=O) groups excluding carboxylic acids is 2. The van der Waals surface area contributed by atoms with Crippen molar-refractivity contribution < 1.29 is 19.5 Å². The first-order valence-electron chi connectivity index (χ1n) is 6.02. The topological polar surface area (TPSA) is 99.6 Å². The summed E-state index contributed by atoms with van der Waals surface area (Å²) in [5.74, 6) is -1.61. The van der Waals surface area contributed by atoms with E-state index in [1.807, 2.05) is 0 Å². The number of carboxylic acids is 1. The maximum absolute atomic E-state index is 11.8. The maximum atomic E-state index is 11.8. The van der Waals surface area contributed by atoms with Crippen molar-refractivity contribution in [3.8, 4) is 0 Å². The molecule has 20 heavy (non-hydrogen) atoms. The van der Waals surface area contributed by atoms with Gasteiger partial charge >= 0.3 is 5.97 Å². The number of carboxylic acid groups (broad SMARTS) is 1. The van der Waals surface area contributed by atoms with Gasteiger partial charge in [0.05, 0.1) is 11.3 Å². The number of amides is 2. The molecule has 0 aliphatic heterocycles. The van der Waals surface area contributed by atoms with E-state index in [-0.39, 0.29) is 35.8 Å². The Morgan fingerprint density at radius 1 is 1.30 bits per heavy atom. The van der Waals surface area contributed by atoms with Crippen molar-refractivity contribution >= 4 is 17.8 Å². The summed E-state index contributed by atoms with van der Waals surface area (Å²) in [6.45, 7) is 1.73. The number of hydrogen-bond donors (Lipinski definition) is 2. The van der Waals surface area contributed by atoms with Crippen LogP contribution in [-0.4, -0.2) is 53.4 Å². The van der Waals surface area contributed by atoms with E-state index >= 15 is 0 Å². The molecule has 0 aliphatic rings. The smallest absolute Gasteiger partial charge is 0.337 e. The standard InChI is InChI=1S/C13H17N3O4/c1-8-9(13(19)20)4-5-10(15-8)12(18)14-7-6-11(17)16(2)3/h4-5H,6-7H2,1-3H3,(H,14,18)(H,19,20). The minimum Gasteiger partial charge on any atom is -0.478 e. The number of pyridine rings is 1. The average Bonchev–Trinajstić information content (AvgIpc) is 2.37. The summed E-state index contributed by atoms with van der Waals surface area (Å²) < 4.78 is 0. The Morgan fingerprint density at radius 2 is 1.95 bits per heavy atom. The van der Waals surface area contributed by atoms with Gasteiger partial charge in [0.1, 0.15) is 5.69 Å². The number of nitrogens with zero attached hydrogens (tertiary/aromatic N) is 2. The lowest BCUT2D eigenvalue weighted by molar-refractivity contribution is -0.128. The lowest BCUT2D eigenvalue weighted by Gasteiger charge is -2.10. The third-order valence-corrected chi connectivity index (χ3v) is 2.67. The molecule has 0 atom stereocenters. The number of rotatable bonds is 5. The summed E-state index contributed by atoms with van der Waals surface area (Å²) in [5, 5.41) is 11.4. The lowest BCUT2D eigenvalue weighted by Crippen LogP contribution is -2.30. The normalized spacial score (nSPS) is 9.95. The van der Waals surface area contributed by atoms with Gasteiger partial charge in [0.2, 0.25) is 5.91 Å². The number of nitrogens with one attached hydrogen (secondary N) is 1. The molecule has 7 nitrogen and oxygen atoms in total. The fourth-order valence-corrected chi connectivity index (χ4v) is 1.51. The molecule has 2 N–H and O–H groups in total. The Balaban J connectivity index is 2.63. The van der Waals surface area contributed by atoms with E-state index < -0.39 is 11.9 Å². The second-order valence-electron chi connectivity index (χ2n) is 4.43. The molecule has 0 saturated heterocycles. The van der Waals surface area contributed by atoms with E-state index in [0.29, 0.717) is 0 Å². The van der Waals surface area contributed by atoms with Crippen LogP contribution in [0.25, 0.3) is 0 Å². The first-order chi connectivity index (χ1) is 9.32. The van der Waals surface area contributed by atoms with Gasteiger partial charge in [-0.25, -0.2) is 9.78 Å². The molecule has 1 aromatic heterocycles. The quantitative estimate of drug-likeness (QED) is 0.807. The molecule has 1 heterocycles. The second-order valence-corrected chi connectivity index (χ2v) is 4.43. The molecule has 7 heteroatoms. The number of aromatic nitrogens is 1. The van der Waals surface area contributed by atoms with E-state index in [2.05, 4.69) is 10.3 Å². The molecule has 2 amide bonds. The van der Waals surface area contributed by atoms with E-state index in [4.69, 9.17) is 5.11 Å². The Labute approximate surface area is 116 Å². The predicted molar refractivity (Wildman–Crippen MR) is 71.6 cm³/mol. The van der Waals surface area contributed by atoms with Crippen molar-refractivity contribution in [3.05, 3.63) is 29.1 Å². The van der Waals surface area contributed by atoms with Gasteiger partial charge in [-0.15, -0.1) is 0 Å². The summed E-state index contributed by atoms with van der Waals surface area (Å²) in [7, 11) is 3.28. The summed E-state index contributed by atoms with van der Waals surface area (Å²) in [4.78, 5) is 39.3. The summed E-state index contributed by atoms with van der Waals surface area (Å²) in [5.41, 5.74) is 0.462. The third-order valence-electron chi connectivity index (χ3n) is 2.67. The molecule has 0 bridgehead atoms.